The molecule has 0 aliphatic rings. The van der Waals surface area contributed by atoms with Crippen LogP contribution < -0.4 is 0 Å². The molecular weight excluding hydrogens is 237 g/mol. The van der Waals surface area contributed by atoms with Gasteiger partial charge in [0.05, 0.1) is 17.6 Å². The van der Waals surface area contributed by atoms with Crippen molar-refractivity contribution in [1.29, 1.82) is 0 Å². The first-order valence-corrected chi connectivity index (χ1v) is 4.81. The maximum absolute atomic E-state index is 12.3. The van der Waals surface area contributed by atoms with E-state index in [-0.39, 0.29) is 5.56 Å². The topological polar surface area (TPSA) is 57.5 Å². The van der Waals surface area contributed by atoms with Crippen LogP contribution in [-0.2, 0) is 11.0 Å². The van der Waals surface area contributed by atoms with Crippen LogP contribution in [0.15, 0.2) is 24.3 Å². The van der Waals surface area contributed by atoms with E-state index in [1.54, 1.807) is 0 Å². The third kappa shape index (κ3) is 3.20. The van der Waals surface area contributed by atoms with Crippen molar-refractivity contribution in [3.63, 3.8) is 0 Å². The molecular formula is C11H11F3O3. The maximum atomic E-state index is 12.3. The normalized spacial score (nSPS) is 15.4. The number of aliphatic hydroxyl groups is 1. The van der Waals surface area contributed by atoms with E-state index >= 15 is 0 Å². The number of hydrogen-bond donors (Lipinski definition) is 2. The molecule has 1 rings (SSSR count). The van der Waals surface area contributed by atoms with Crippen LogP contribution in [0.4, 0.5) is 13.2 Å². The summed E-state index contributed by atoms with van der Waals surface area (Å²) < 4.78 is 36.8. The summed E-state index contributed by atoms with van der Waals surface area (Å²) in [6.45, 7) is 1.28. The number of hydrogen-bond acceptors (Lipinski definition) is 2. The third-order valence-electron chi connectivity index (χ3n) is 2.44. The third-order valence-corrected chi connectivity index (χ3v) is 2.44. The van der Waals surface area contributed by atoms with Crippen molar-refractivity contribution < 1.29 is 28.2 Å². The highest BCUT2D eigenvalue weighted by atomic mass is 19.4. The van der Waals surface area contributed by atoms with Gasteiger partial charge in [-0.1, -0.05) is 12.1 Å². The molecule has 0 heterocycles. The summed E-state index contributed by atoms with van der Waals surface area (Å²) in [4.78, 5) is 10.6. The Labute approximate surface area is 95.5 Å². The molecule has 0 aromatic heterocycles. The fourth-order valence-electron chi connectivity index (χ4n) is 1.29. The average molecular weight is 248 g/mol. The Morgan fingerprint density at radius 2 is 1.71 bits per heavy atom. The van der Waals surface area contributed by atoms with Crippen LogP contribution in [0.5, 0.6) is 0 Å². The van der Waals surface area contributed by atoms with E-state index in [1.807, 2.05) is 0 Å². The molecule has 0 aliphatic carbocycles. The largest absolute Gasteiger partial charge is 0.481 e. The summed E-state index contributed by atoms with van der Waals surface area (Å²) in [7, 11) is 0. The lowest BCUT2D eigenvalue weighted by Gasteiger charge is -2.16. The van der Waals surface area contributed by atoms with Gasteiger partial charge in [-0.15, -0.1) is 0 Å². The van der Waals surface area contributed by atoms with Gasteiger partial charge in [0.1, 0.15) is 0 Å². The highest BCUT2D eigenvalue weighted by molar-refractivity contribution is 5.70. The minimum absolute atomic E-state index is 0.146. The van der Waals surface area contributed by atoms with Crippen molar-refractivity contribution in [3.05, 3.63) is 35.4 Å². The molecule has 94 valence electrons. The lowest BCUT2D eigenvalue weighted by Crippen LogP contribution is -2.18. The van der Waals surface area contributed by atoms with Crippen molar-refractivity contribution in [2.45, 2.75) is 19.2 Å². The minimum atomic E-state index is -4.44. The van der Waals surface area contributed by atoms with Gasteiger partial charge in [0.15, 0.2) is 0 Å². The van der Waals surface area contributed by atoms with Gasteiger partial charge in [0.25, 0.3) is 0 Å². The summed E-state index contributed by atoms with van der Waals surface area (Å²) in [5, 5.41) is 18.2. The van der Waals surface area contributed by atoms with Gasteiger partial charge in [0, 0.05) is 0 Å². The number of rotatable bonds is 3. The van der Waals surface area contributed by atoms with Crippen LogP contribution >= 0.6 is 0 Å². The second-order valence-corrected chi connectivity index (χ2v) is 3.69. The number of alkyl halides is 3. The SMILES string of the molecule is C[C@H](C(=O)O)[C@H](O)c1ccc(C(F)(F)F)cc1. The van der Waals surface area contributed by atoms with E-state index in [9.17, 15) is 23.1 Å². The molecule has 0 amide bonds. The zero-order valence-corrected chi connectivity index (χ0v) is 8.90. The highest BCUT2D eigenvalue weighted by Crippen LogP contribution is 2.31. The van der Waals surface area contributed by atoms with E-state index in [1.165, 1.54) is 6.92 Å². The summed E-state index contributed by atoms with van der Waals surface area (Å²) in [6.07, 6.45) is -5.77. The lowest BCUT2D eigenvalue weighted by molar-refractivity contribution is -0.145. The monoisotopic (exact) mass is 248 g/mol. The number of halogens is 3. The Morgan fingerprint density at radius 3 is 2.06 bits per heavy atom. The second kappa shape index (κ2) is 4.75. The molecule has 17 heavy (non-hydrogen) atoms. The van der Waals surface area contributed by atoms with Crippen LogP contribution in [0.3, 0.4) is 0 Å². The summed E-state index contributed by atoms with van der Waals surface area (Å²) in [5.74, 6) is -2.29. The first kappa shape index (κ1) is 13.5. The Balaban J connectivity index is 2.92. The number of carbonyl (C=O) groups is 1. The number of aliphatic hydroxyl groups excluding tert-OH is 1. The van der Waals surface area contributed by atoms with Crippen molar-refractivity contribution in [2.24, 2.45) is 5.92 Å². The van der Waals surface area contributed by atoms with Gasteiger partial charge in [-0.2, -0.15) is 13.2 Å². The fraction of sp³-hybridized carbons (Fsp3) is 0.364. The Hall–Kier alpha value is -1.56. The van der Waals surface area contributed by atoms with E-state index in [4.69, 9.17) is 5.11 Å². The summed E-state index contributed by atoms with van der Waals surface area (Å²) in [5.41, 5.74) is -0.690. The van der Waals surface area contributed by atoms with Crippen molar-refractivity contribution in [3.8, 4) is 0 Å². The predicted molar refractivity (Wildman–Crippen MR) is 53.2 cm³/mol. The van der Waals surface area contributed by atoms with E-state index in [2.05, 4.69) is 0 Å². The van der Waals surface area contributed by atoms with Gasteiger partial charge < -0.3 is 10.2 Å². The molecule has 6 heteroatoms. The van der Waals surface area contributed by atoms with Gasteiger partial charge in [0.2, 0.25) is 0 Å². The van der Waals surface area contributed by atoms with E-state index in [0.29, 0.717) is 0 Å². The molecule has 2 atom stereocenters. The zero-order chi connectivity index (χ0) is 13.2. The Bertz CT molecular complexity index is 397. The summed E-state index contributed by atoms with van der Waals surface area (Å²) in [6, 6.07) is 3.78. The Morgan fingerprint density at radius 1 is 1.24 bits per heavy atom. The fourth-order valence-corrected chi connectivity index (χ4v) is 1.29. The molecule has 1 aromatic rings. The predicted octanol–water partition coefficient (Wildman–Crippen LogP) is 2.46. The average Bonchev–Trinajstić information content (AvgIpc) is 2.26. The van der Waals surface area contributed by atoms with Crippen molar-refractivity contribution in [2.75, 3.05) is 0 Å². The van der Waals surface area contributed by atoms with Crippen LogP contribution in [0.1, 0.15) is 24.2 Å². The number of benzene rings is 1. The number of carboxylic acid groups (broad SMARTS) is 1. The first-order chi connectivity index (χ1) is 7.73. The number of carboxylic acids is 1. The second-order valence-electron chi connectivity index (χ2n) is 3.69. The first-order valence-electron chi connectivity index (χ1n) is 4.81. The molecule has 0 spiro atoms. The van der Waals surface area contributed by atoms with Gasteiger partial charge in [-0.3, -0.25) is 4.79 Å². The standard InChI is InChI=1S/C11H11F3O3/c1-6(10(16)17)9(15)7-2-4-8(5-3-7)11(12,13)14/h2-6,9,15H,1H3,(H,16,17)/t6-,9-/m0/s1. The molecule has 0 unspecified atom stereocenters. The quantitative estimate of drug-likeness (QED) is 0.863. The highest BCUT2D eigenvalue weighted by Gasteiger charge is 2.30. The van der Waals surface area contributed by atoms with E-state index < -0.39 is 29.7 Å². The number of aliphatic carboxylic acids is 1. The van der Waals surface area contributed by atoms with Gasteiger partial charge in [-0.25, -0.2) is 0 Å². The molecule has 0 saturated carbocycles. The molecule has 0 bridgehead atoms. The molecule has 2 N–H and O–H groups in total. The molecule has 0 fully saturated rings. The van der Waals surface area contributed by atoms with Gasteiger partial charge in [-0.05, 0) is 24.6 Å². The molecule has 1 aromatic carbocycles. The Kier molecular flexibility index (Phi) is 3.77. The van der Waals surface area contributed by atoms with Gasteiger partial charge >= 0.3 is 12.1 Å². The maximum Gasteiger partial charge on any atom is 0.416 e. The lowest BCUT2D eigenvalue weighted by atomic mass is 9.97. The van der Waals surface area contributed by atoms with Crippen LogP contribution in [-0.4, -0.2) is 16.2 Å². The molecule has 0 saturated heterocycles. The smallest absolute Gasteiger partial charge is 0.416 e. The van der Waals surface area contributed by atoms with E-state index in [0.717, 1.165) is 24.3 Å². The van der Waals surface area contributed by atoms with Crippen molar-refractivity contribution >= 4 is 5.97 Å². The molecule has 3 nitrogen and oxygen atoms in total. The molecule has 0 radical (unpaired) electrons. The summed E-state index contributed by atoms with van der Waals surface area (Å²) >= 11 is 0. The molecule has 0 aliphatic heterocycles. The van der Waals surface area contributed by atoms with Crippen molar-refractivity contribution in [1.82, 2.24) is 0 Å². The minimum Gasteiger partial charge on any atom is -0.481 e. The zero-order valence-electron chi connectivity index (χ0n) is 8.90. The van der Waals surface area contributed by atoms with Crippen LogP contribution in [0.2, 0.25) is 0 Å². The van der Waals surface area contributed by atoms with Crippen LogP contribution in [0, 0.1) is 5.92 Å². The van der Waals surface area contributed by atoms with Crippen LogP contribution in [0.25, 0.3) is 0 Å².